The first-order valence-electron chi connectivity index (χ1n) is 6.29. The normalized spacial score (nSPS) is 10.7. The first-order valence-corrected chi connectivity index (χ1v) is 6.29. The number of carbonyl (C=O) groups is 1. The van der Waals surface area contributed by atoms with Crippen LogP contribution < -0.4 is 0 Å². The second-order valence-electron chi connectivity index (χ2n) is 4.11. The third-order valence-corrected chi connectivity index (χ3v) is 2.71. The lowest BCUT2D eigenvalue weighted by molar-refractivity contribution is 0.0489. The molecule has 0 fully saturated rings. The summed E-state index contributed by atoms with van der Waals surface area (Å²) in [4.78, 5) is 15.6. The van der Waals surface area contributed by atoms with Crippen molar-refractivity contribution in [2.45, 2.75) is 20.3 Å². The van der Waals surface area contributed by atoms with Gasteiger partial charge in [-0.2, -0.15) is 0 Å². The van der Waals surface area contributed by atoms with E-state index in [4.69, 9.17) is 9.15 Å². The lowest BCUT2D eigenvalue weighted by atomic mass is 10.2. The quantitative estimate of drug-likeness (QED) is 0.811. The summed E-state index contributed by atoms with van der Waals surface area (Å²) in [5, 5.41) is 0. The largest absolute Gasteiger partial charge is 0.460 e. The van der Waals surface area contributed by atoms with Crippen LogP contribution >= 0.6 is 0 Å². The molecule has 0 amide bonds. The number of rotatable bonds is 4. The van der Waals surface area contributed by atoms with Crippen LogP contribution in [0.3, 0.4) is 0 Å². The summed E-state index contributed by atoms with van der Waals surface area (Å²) in [6.45, 7) is 3.43. The van der Waals surface area contributed by atoms with Gasteiger partial charge < -0.3 is 9.15 Å². The number of hydrogen-bond donors (Lipinski definition) is 0. The summed E-state index contributed by atoms with van der Waals surface area (Å²) in [5.41, 5.74) is -0.409. The summed E-state index contributed by atoms with van der Waals surface area (Å²) in [6.07, 6.45) is 0.308. The Bertz CT molecular complexity index is 659. The Morgan fingerprint density at radius 3 is 2.38 bits per heavy atom. The molecule has 0 spiro atoms. The van der Waals surface area contributed by atoms with Gasteiger partial charge in [0.2, 0.25) is 11.7 Å². The van der Waals surface area contributed by atoms with Gasteiger partial charge in [-0.1, -0.05) is 6.92 Å². The number of esters is 1. The van der Waals surface area contributed by atoms with Crippen molar-refractivity contribution in [2.24, 2.45) is 0 Å². The van der Waals surface area contributed by atoms with E-state index in [1.165, 1.54) is 0 Å². The Balaban J connectivity index is 2.54. The lowest BCUT2D eigenvalue weighted by Gasteiger charge is -2.01. The van der Waals surface area contributed by atoms with Gasteiger partial charge in [-0.15, -0.1) is 0 Å². The molecule has 7 heteroatoms. The fourth-order valence-corrected chi connectivity index (χ4v) is 1.80. The molecule has 0 aliphatic carbocycles. The van der Waals surface area contributed by atoms with Crippen LogP contribution in [0.5, 0.6) is 0 Å². The molecular weight excluding hydrogens is 287 g/mol. The predicted octanol–water partition coefficient (Wildman–Crippen LogP) is 3.50. The maximum absolute atomic E-state index is 13.7. The van der Waals surface area contributed by atoms with Crippen LogP contribution in [-0.4, -0.2) is 17.6 Å². The number of oxazole rings is 1. The SMILES string of the molecule is CCOC(=O)c1oc(-c2c(F)cc(F)cc2F)nc1CC. The van der Waals surface area contributed by atoms with Gasteiger partial charge in [-0.3, -0.25) is 0 Å². The van der Waals surface area contributed by atoms with Gasteiger partial charge in [0.25, 0.3) is 0 Å². The molecule has 4 nitrogen and oxygen atoms in total. The summed E-state index contributed by atoms with van der Waals surface area (Å²) < 4.78 is 50.2. The molecule has 2 aromatic rings. The number of nitrogens with zero attached hydrogens (tertiary/aromatic N) is 1. The molecule has 1 aromatic carbocycles. The Morgan fingerprint density at radius 2 is 1.86 bits per heavy atom. The van der Waals surface area contributed by atoms with E-state index < -0.39 is 34.9 Å². The Hall–Kier alpha value is -2.31. The minimum Gasteiger partial charge on any atom is -0.460 e. The zero-order chi connectivity index (χ0) is 15.6. The maximum atomic E-state index is 13.7. The van der Waals surface area contributed by atoms with E-state index in [0.717, 1.165) is 0 Å². The van der Waals surface area contributed by atoms with Crippen molar-refractivity contribution in [2.75, 3.05) is 6.61 Å². The van der Waals surface area contributed by atoms with E-state index in [1.807, 2.05) is 0 Å². The van der Waals surface area contributed by atoms with Crippen LogP contribution in [0.4, 0.5) is 13.2 Å². The monoisotopic (exact) mass is 299 g/mol. The molecule has 2 rings (SSSR count). The number of halogens is 3. The number of hydrogen-bond acceptors (Lipinski definition) is 4. The lowest BCUT2D eigenvalue weighted by Crippen LogP contribution is -2.05. The van der Waals surface area contributed by atoms with Crippen molar-refractivity contribution >= 4 is 5.97 Å². The Morgan fingerprint density at radius 1 is 1.24 bits per heavy atom. The molecule has 0 saturated heterocycles. The molecule has 1 aromatic heterocycles. The molecule has 1 heterocycles. The first-order chi connectivity index (χ1) is 9.97. The summed E-state index contributed by atoms with van der Waals surface area (Å²) >= 11 is 0. The molecule has 0 unspecified atom stereocenters. The first kappa shape index (κ1) is 15.1. The van der Waals surface area contributed by atoms with Crippen LogP contribution in [0.25, 0.3) is 11.5 Å². The molecule has 0 aliphatic rings. The summed E-state index contributed by atoms with van der Waals surface area (Å²) in [5.74, 6) is -4.78. The van der Waals surface area contributed by atoms with Crippen molar-refractivity contribution in [3.63, 3.8) is 0 Å². The number of aryl methyl sites for hydroxylation is 1. The van der Waals surface area contributed by atoms with Gasteiger partial charge in [-0.25, -0.2) is 22.9 Å². The zero-order valence-corrected chi connectivity index (χ0v) is 11.4. The average Bonchev–Trinajstić information content (AvgIpc) is 2.81. The highest BCUT2D eigenvalue weighted by Crippen LogP contribution is 2.28. The van der Waals surface area contributed by atoms with Gasteiger partial charge in [0.15, 0.2) is 0 Å². The number of ether oxygens (including phenoxy) is 1. The van der Waals surface area contributed by atoms with Crippen LogP contribution in [0.2, 0.25) is 0 Å². The fourth-order valence-electron chi connectivity index (χ4n) is 1.80. The minimum atomic E-state index is -1.16. The highest BCUT2D eigenvalue weighted by atomic mass is 19.1. The van der Waals surface area contributed by atoms with E-state index in [1.54, 1.807) is 13.8 Å². The van der Waals surface area contributed by atoms with Gasteiger partial charge in [0, 0.05) is 12.1 Å². The molecule has 0 atom stereocenters. The number of carbonyl (C=O) groups excluding carboxylic acids is 1. The topological polar surface area (TPSA) is 52.3 Å². The van der Waals surface area contributed by atoms with Crippen LogP contribution in [-0.2, 0) is 11.2 Å². The molecule has 112 valence electrons. The van der Waals surface area contributed by atoms with Crippen LogP contribution in [0, 0.1) is 17.5 Å². The molecule has 0 N–H and O–H groups in total. The number of benzene rings is 1. The molecule has 21 heavy (non-hydrogen) atoms. The van der Waals surface area contributed by atoms with Crippen molar-refractivity contribution in [1.29, 1.82) is 0 Å². The van der Waals surface area contributed by atoms with E-state index in [0.29, 0.717) is 18.6 Å². The summed E-state index contributed by atoms with van der Waals surface area (Å²) in [7, 11) is 0. The minimum absolute atomic E-state index is 0.122. The van der Waals surface area contributed by atoms with Gasteiger partial charge in [0.05, 0.1) is 12.3 Å². The molecule has 0 radical (unpaired) electrons. The van der Waals surface area contributed by atoms with Crippen LogP contribution in [0.15, 0.2) is 16.5 Å². The zero-order valence-electron chi connectivity index (χ0n) is 11.4. The van der Waals surface area contributed by atoms with Crippen molar-refractivity contribution in [3.05, 3.63) is 41.0 Å². The Kier molecular flexibility index (Phi) is 4.30. The smallest absolute Gasteiger partial charge is 0.376 e. The molecular formula is C14H12F3NO3. The van der Waals surface area contributed by atoms with Crippen molar-refractivity contribution < 1.29 is 27.1 Å². The highest BCUT2D eigenvalue weighted by Gasteiger charge is 2.25. The predicted molar refractivity (Wildman–Crippen MR) is 67.1 cm³/mol. The maximum Gasteiger partial charge on any atom is 0.376 e. The van der Waals surface area contributed by atoms with Crippen molar-refractivity contribution in [1.82, 2.24) is 4.98 Å². The van der Waals surface area contributed by atoms with Crippen LogP contribution in [0.1, 0.15) is 30.1 Å². The third kappa shape index (κ3) is 2.91. The summed E-state index contributed by atoms with van der Waals surface area (Å²) in [6, 6.07) is 1.02. The van der Waals surface area contributed by atoms with Crippen molar-refractivity contribution in [3.8, 4) is 11.5 Å². The van der Waals surface area contributed by atoms with Gasteiger partial charge >= 0.3 is 5.97 Å². The standard InChI is InChI=1S/C14H12F3NO3/c1-3-10-12(14(19)20-4-2)21-13(18-10)11-8(16)5-7(15)6-9(11)17/h5-6H,3-4H2,1-2H3. The molecule has 0 saturated carbocycles. The van der Waals surface area contributed by atoms with Gasteiger partial charge in [-0.05, 0) is 13.3 Å². The van der Waals surface area contributed by atoms with E-state index in [2.05, 4.69) is 4.98 Å². The van der Waals surface area contributed by atoms with E-state index >= 15 is 0 Å². The fraction of sp³-hybridized carbons (Fsp3) is 0.286. The third-order valence-electron chi connectivity index (χ3n) is 2.71. The van der Waals surface area contributed by atoms with E-state index in [-0.39, 0.29) is 18.1 Å². The average molecular weight is 299 g/mol. The molecule has 0 aliphatic heterocycles. The van der Waals surface area contributed by atoms with Gasteiger partial charge in [0.1, 0.15) is 23.0 Å². The second kappa shape index (κ2) is 5.99. The van der Waals surface area contributed by atoms with E-state index in [9.17, 15) is 18.0 Å². The highest BCUT2D eigenvalue weighted by molar-refractivity contribution is 5.88. The molecule has 0 bridgehead atoms. The second-order valence-corrected chi connectivity index (χ2v) is 4.11. The number of aromatic nitrogens is 1. The Labute approximate surface area is 118 Å².